The molecule has 196 valence electrons. The Bertz CT molecular complexity index is 1370. The highest BCUT2D eigenvalue weighted by molar-refractivity contribution is 6.05. The average molecular weight is 514 g/mol. The van der Waals surface area contributed by atoms with Gasteiger partial charge in [0.25, 0.3) is 5.91 Å². The third kappa shape index (κ3) is 4.69. The summed E-state index contributed by atoms with van der Waals surface area (Å²) in [6, 6.07) is 11.6. The maximum absolute atomic E-state index is 13.5. The van der Waals surface area contributed by atoms with E-state index in [1.807, 2.05) is 40.1 Å². The van der Waals surface area contributed by atoms with Gasteiger partial charge in [0.1, 0.15) is 5.76 Å². The number of furan rings is 1. The van der Waals surface area contributed by atoms with Crippen molar-refractivity contribution in [3.8, 4) is 22.5 Å². The van der Waals surface area contributed by atoms with E-state index in [4.69, 9.17) is 4.42 Å². The molecule has 2 aromatic heterocycles. The van der Waals surface area contributed by atoms with Crippen LogP contribution in [0.3, 0.4) is 0 Å². The van der Waals surface area contributed by atoms with Crippen molar-refractivity contribution in [3.05, 3.63) is 65.7 Å². The Kier molecular flexibility index (Phi) is 6.68. The number of aryl methyl sites for hydroxylation is 1. The summed E-state index contributed by atoms with van der Waals surface area (Å²) in [5, 5.41) is 12.7. The van der Waals surface area contributed by atoms with Gasteiger partial charge in [0, 0.05) is 68.4 Å². The summed E-state index contributed by atoms with van der Waals surface area (Å²) in [4.78, 5) is 36.1. The third-order valence-corrected chi connectivity index (χ3v) is 7.84. The number of hydrogen-bond donors (Lipinski definition) is 1. The molecule has 0 atom stereocenters. The number of amides is 2. The van der Waals surface area contributed by atoms with Crippen LogP contribution in [0.5, 0.6) is 0 Å². The van der Waals surface area contributed by atoms with E-state index in [9.17, 15) is 14.8 Å². The lowest BCUT2D eigenvalue weighted by Crippen LogP contribution is -2.51. The Balaban J connectivity index is 1.22. The van der Waals surface area contributed by atoms with Crippen LogP contribution in [-0.4, -0.2) is 88.2 Å². The molecule has 3 aliphatic rings. The lowest BCUT2D eigenvalue weighted by atomic mass is 9.98. The van der Waals surface area contributed by atoms with Crippen LogP contribution in [0.1, 0.15) is 40.9 Å². The molecule has 0 bridgehead atoms. The fourth-order valence-corrected chi connectivity index (χ4v) is 5.69. The zero-order valence-corrected chi connectivity index (χ0v) is 21.3. The Morgan fingerprint density at radius 1 is 0.868 bits per heavy atom. The molecule has 2 aliphatic heterocycles. The van der Waals surface area contributed by atoms with E-state index < -0.39 is 0 Å². The topological polar surface area (TPSA) is 102 Å². The smallest absolute Gasteiger partial charge is 0.289 e. The van der Waals surface area contributed by atoms with Crippen LogP contribution in [-0.2, 0) is 11.2 Å². The van der Waals surface area contributed by atoms with Crippen LogP contribution in [0.15, 0.2) is 58.4 Å². The van der Waals surface area contributed by atoms with Gasteiger partial charge in [-0.3, -0.25) is 19.5 Å². The first kappa shape index (κ1) is 24.4. The van der Waals surface area contributed by atoms with E-state index in [-0.39, 0.29) is 11.8 Å². The molecule has 0 unspecified atom stereocenters. The van der Waals surface area contributed by atoms with Gasteiger partial charge in [-0.2, -0.15) is 0 Å². The third-order valence-electron chi connectivity index (χ3n) is 7.84. The second-order valence-corrected chi connectivity index (χ2v) is 10.2. The fraction of sp³-hybridized carbons (Fsp3) is 0.379. The molecule has 0 spiro atoms. The normalized spacial score (nSPS) is 18.8. The van der Waals surface area contributed by atoms with Gasteiger partial charge in [-0.15, -0.1) is 0 Å². The van der Waals surface area contributed by atoms with E-state index >= 15 is 0 Å². The lowest BCUT2D eigenvalue weighted by molar-refractivity contribution is -0.131. The minimum Gasteiger partial charge on any atom is -0.450 e. The number of pyridine rings is 1. The number of likely N-dealkylation sites (tertiary alicyclic amines) is 1. The number of hydrogen-bond acceptors (Lipinski definition) is 7. The van der Waals surface area contributed by atoms with Crippen LogP contribution in [0.2, 0.25) is 0 Å². The van der Waals surface area contributed by atoms with Gasteiger partial charge in [0.15, 0.2) is 5.76 Å². The van der Waals surface area contributed by atoms with Crippen molar-refractivity contribution in [3.63, 3.8) is 0 Å². The van der Waals surface area contributed by atoms with Crippen LogP contribution in [0.25, 0.3) is 22.5 Å². The summed E-state index contributed by atoms with van der Waals surface area (Å²) >= 11 is 0. The Labute approximate surface area is 221 Å². The molecule has 9 heteroatoms. The number of piperazine rings is 1. The van der Waals surface area contributed by atoms with Crippen LogP contribution >= 0.6 is 0 Å². The standard InChI is InChI=1S/C29H31N5O4/c35-27(33-11-1-2-12-33)19-32-13-15-34(16-14-32)29(36)26-18-24(28(38-26)20-7-9-30-10-8-20)22-3-5-23-21(17-22)4-6-25(23)31-37/h3,5,7-10,17-18,37H,1-2,4,6,11-16,19H2. The second-order valence-electron chi connectivity index (χ2n) is 10.2. The number of rotatable bonds is 5. The Hall–Kier alpha value is -3.98. The SMILES string of the molecule is O=C(CN1CCN(C(=O)c2cc(-c3ccc4c(c3)CCC4=NO)c(-c3ccncc3)o2)CC1)N1CCCC1. The Morgan fingerprint density at radius 3 is 2.37 bits per heavy atom. The number of oxime groups is 1. The van der Waals surface area contributed by atoms with Gasteiger partial charge in [0.2, 0.25) is 5.91 Å². The molecule has 3 aromatic rings. The highest BCUT2D eigenvalue weighted by Gasteiger charge is 2.29. The van der Waals surface area contributed by atoms with Crippen LogP contribution < -0.4 is 0 Å². The molecule has 2 fully saturated rings. The monoisotopic (exact) mass is 513 g/mol. The molecule has 6 rings (SSSR count). The summed E-state index contributed by atoms with van der Waals surface area (Å²) in [5.41, 5.74) is 5.41. The molecule has 0 saturated carbocycles. The predicted molar refractivity (Wildman–Crippen MR) is 142 cm³/mol. The van der Waals surface area contributed by atoms with E-state index in [2.05, 4.69) is 21.1 Å². The zero-order chi connectivity index (χ0) is 26.1. The molecular formula is C29H31N5O4. The summed E-state index contributed by atoms with van der Waals surface area (Å²) in [6.45, 7) is 4.56. The summed E-state index contributed by atoms with van der Waals surface area (Å²) in [6.07, 6.45) is 7.10. The molecule has 2 amide bonds. The van der Waals surface area contributed by atoms with Crippen molar-refractivity contribution in [1.29, 1.82) is 0 Å². The van der Waals surface area contributed by atoms with Crippen molar-refractivity contribution in [1.82, 2.24) is 19.7 Å². The number of fused-ring (bicyclic) bond motifs is 1. The van der Waals surface area contributed by atoms with E-state index in [1.165, 1.54) is 0 Å². The van der Waals surface area contributed by atoms with Crippen molar-refractivity contribution >= 4 is 17.5 Å². The number of aromatic nitrogens is 1. The molecule has 2 saturated heterocycles. The Morgan fingerprint density at radius 2 is 1.63 bits per heavy atom. The molecule has 0 radical (unpaired) electrons. The van der Waals surface area contributed by atoms with Crippen LogP contribution in [0, 0.1) is 0 Å². The number of nitrogens with zero attached hydrogens (tertiary/aromatic N) is 5. The van der Waals surface area contributed by atoms with Gasteiger partial charge in [-0.05, 0) is 55.0 Å². The zero-order valence-electron chi connectivity index (χ0n) is 21.3. The van der Waals surface area contributed by atoms with Crippen molar-refractivity contribution in [2.75, 3.05) is 45.8 Å². The molecule has 1 N–H and O–H groups in total. The minimum atomic E-state index is -0.145. The van der Waals surface area contributed by atoms with Crippen LogP contribution in [0.4, 0.5) is 0 Å². The number of carbonyl (C=O) groups is 2. The maximum atomic E-state index is 13.5. The quantitative estimate of drug-likeness (QED) is 0.414. The highest BCUT2D eigenvalue weighted by Crippen LogP contribution is 2.37. The van der Waals surface area contributed by atoms with Crippen molar-refractivity contribution in [2.24, 2.45) is 5.16 Å². The summed E-state index contributed by atoms with van der Waals surface area (Å²) < 4.78 is 6.23. The first-order valence-corrected chi connectivity index (χ1v) is 13.3. The highest BCUT2D eigenvalue weighted by atomic mass is 16.4. The number of benzene rings is 1. The maximum Gasteiger partial charge on any atom is 0.289 e. The van der Waals surface area contributed by atoms with Gasteiger partial charge in [-0.1, -0.05) is 23.4 Å². The van der Waals surface area contributed by atoms with Gasteiger partial charge in [0.05, 0.1) is 12.3 Å². The first-order valence-electron chi connectivity index (χ1n) is 13.3. The molecule has 4 heterocycles. The predicted octanol–water partition coefficient (Wildman–Crippen LogP) is 3.51. The van der Waals surface area contributed by atoms with E-state index in [0.717, 1.165) is 60.2 Å². The van der Waals surface area contributed by atoms with E-state index in [1.54, 1.807) is 12.4 Å². The first-order chi connectivity index (χ1) is 18.6. The van der Waals surface area contributed by atoms with E-state index in [0.29, 0.717) is 56.4 Å². The molecule has 1 aliphatic carbocycles. The average Bonchev–Trinajstić information content (AvgIpc) is 3.73. The molecular weight excluding hydrogens is 482 g/mol. The summed E-state index contributed by atoms with van der Waals surface area (Å²) in [7, 11) is 0. The van der Waals surface area contributed by atoms with Gasteiger partial charge in [-0.25, -0.2) is 0 Å². The van der Waals surface area contributed by atoms with Gasteiger partial charge >= 0.3 is 0 Å². The number of carbonyl (C=O) groups excluding carboxylic acids is 2. The lowest BCUT2D eigenvalue weighted by Gasteiger charge is -2.34. The second kappa shape index (κ2) is 10.4. The van der Waals surface area contributed by atoms with Crippen molar-refractivity contribution < 1.29 is 19.2 Å². The molecule has 38 heavy (non-hydrogen) atoms. The fourth-order valence-electron chi connectivity index (χ4n) is 5.69. The van der Waals surface area contributed by atoms with Crippen molar-refractivity contribution in [2.45, 2.75) is 25.7 Å². The van der Waals surface area contributed by atoms with Gasteiger partial charge < -0.3 is 19.4 Å². The largest absolute Gasteiger partial charge is 0.450 e. The molecule has 9 nitrogen and oxygen atoms in total. The molecule has 1 aromatic carbocycles. The minimum absolute atomic E-state index is 0.145. The summed E-state index contributed by atoms with van der Waals surface area (Å²) in [5.74, 6) is 0.964.